The maximum atomic E-state index is 13.4. The number of nitrogens with one attached hydrogen (secondary N) is 1. The zero-order valence-electron chi connectivity index (χ0n) is 15.9. The third kappa shape index (κ3) is 3.06. The summed E-state index contributed by atoms with van der Waals surface area (Å²) in [6.45, 7) is 3.05. The molecule has 146 valence electrons. The Hall–Kier alpha value is -2.77. The lowest BCUT2D eigenvalue weighted by Crippen LogP contribution is -2.59. The van der Waals surface area contributed by atoms with Crippen LogP contribution in [0.3, 0.4) is 0 Å². The first kappa shape index (κ1) is 17.3. The third-order valence-electron chi connectivity index (χ3n) is 6.30. The second kappa shape index (κ2) is 7.00. The molecule has 2 atom stereocenters. The van der Waals surface area contributed by atoms with Crippen molar-refractivity contribution in [2.45, 2.75) is 31.7 Å². The maximum absolute atomic E-state index is 13.4. The number of amides is 1. The van der Waals surface area contributed by atoms with E-state index in [2.05, 4.69) is 35.1 Å². The minimum absolute atomic E-state index is 0.0258. The quantitative estimate of drug-likeness (QED) is 0.837. The first-order chi connectivity index (χ1) is 13.8. The molecule has 3 aliphatic rings. The van der Waals surface area contributed by atoms with E-state index < -0.39 is 5.41 Å². The van der Waals surface area contributed by atoms with Crippen LogP contribution in [-0.4, -0.2) is 58.1 Å². The minimum Gasteiger partial charge on any atom is -0.355 e. The Morgan fingerprint density at radius 2 is 2.07 bits per heavy atom. The third-order valence-corrected chi connectivity index (χ3v) is 6.30. The molecule has 1 saturated carbocycles. The minimum atomic E-state index is -0.475. The average Bonchev–Trinajstić information content (AvgIpc) is 3.50. The van der Waals surface area contributed by atoms with E-state index >= 15 is 0 Å². The summed E-state index contributed by atoms with van der Waals surface area (Å²) in [4.78, 5) is 35.3. The lowest BCUT2D eigenvalue weighted by atomic mass is 9.74. The molecule has 1 N–H and O–H groups in total. The van der Waals surface area contributed by atoms with Gasteiger partial charge in [0.15, 0.2) is 0 Å². The van der Waals surface area contributed by atoms with E-state index in [1.807, 2.05) is 12.1 Å². The van der Waals surface area contributed by atoms with Crippen LogP contribution in [0, 0.1) is 11.3 Å². The van der Waals surface area contributed by atoms with Crippen molar-refractivity contribution >= 4 is 17.7 Å². The molecular weight excluding hydrogens is 354 g/mol. The van der Waals surface area contributed by atoms with Crippen LogP contribution >= 0.6 is 0 Å². The van der Waals surface area contributed by atoms with E-state index in [1.165, 1.54) is 12.8 Å². The number of rotatable bonds is 5. The van der Waals surface area contributed by atoms with Gasteiger partial charge in [-0.05, 0) is 43.7 Å². The van der Waals surface area contributed by atoms with Crippen molar-refractivity contribution in [3.8, 4) is 0 Å². The number of anilines is 2. The number of fused-ring (bicyclic) bond motifs is 1. The molecule has 8 nitrogen and oxygen atoms in total. The van der Waals surface area contributed by atoms with Gasteiger partial charge in [0.25, 0.3) is 0 Å². The van der Waals surface area contributed by atoms with Crippen LogP contribution in [-0.2, 0) is 4.79 Å². The van der Waals surface area contributed by atoms with Crippen LogP contribution in [0.25, 0.3) is 0 Å². The highest BCUT2D eigenvalue weighted by Gasteiger charge is 2.56. The van der Waals surface area contributed by atoms with Gasteiger partial charge < -0.3 is 15.1 Å². The lowest BCUT2D eigenvalue weighted by molar-refractivity contribution is -0.131. The number of piperidine rings is 1. The molecule has 2 aromatic heterocycles. The molecule has 4 heterocycles. The van der Waals surface area contributed by atoms with Crippen LogP contribution in [0.15, 0.2) is 37.1 Å². The average molecular weight is 379 g/mol. The predicted octanol–water partition coefficient (Wildman–Crippen LogP) is 1.27. The van der Waals surface area contributed by atoms with E-state index in [1.54, 1.807) is 24.9 Å². The van der Waals surface area contributed by atoms with Gasteiger partial charge in [-0.15, -0.1) is 0 Å². The molecule has 1 amide bonds. The van der Waals surface area contributed by atoms with E-state index in [0.29, 0.717) is 18.4 Å². The van der Waals surface area contributed by atoms with Gasteiger partial charge in [-0.3, -0.25) is 4.79 Å². The normalized spacial score (nSPS) is 26.8. The molecule has 1 aliphatic carbocycles. The number of carbonyl (C=O) groups excluding carboxylic acids is 1. The summed E-state index contributed by atoms with van der Waals surface area (Å²) in [6.07, 6.45) is 11.1. The van der Waals surface area contributed by atoms with E-state index in [4.69, 9.17) is 0 Å². The monoisotopic (exact) mass is 379 g/mol. The van der Waals surface area contributed by atoms with Crippen molar-refractivity contribution in [3.05, 3.63) is 37.1 Å². The van der Waals surface area contributed by atoms with Gasteiger partial charge in [0, 0.05) is 44.8 Å². The van der Waals surface area contributed by atoms with Crippen molar-refractivity contribution < 1.29 is 4.79 Å². The van der Waals surface area contributed by atoms with Gasteiger partial charge in [-0.1, -0.05) is 0 Å². The highest BCUT2D eigenvalue weighted by atomic mass is 16.2. The molecule has 8 heteroatoms. The van der Waals surface area contributed by atoms with Crippen LogP contribution in [0.2, 0.25) is 0 Å². The number of carbonyl (C=O) groups is 1. The summed E-state index contributed by atoms with van der Waals surface area (Å²) in [5.41, 5.74) is -0.475. The number of aromatic nitrogens is 4. The Balaban J connectivity index is 1.47. The maximum Gasteiger partial charge on any atom is 0.230 e. The van der Waals surface area contributed by atoms with Gasteiger partial charge in [0.05, 0.1) is 11.5 Å². The Bertz CT molecular complexity index is 829. The summed E-state index contributed by atoms with van der Waals surface area (Å²) >= 11 is 0. The lowest BCUT2D eigenvalue weighted by Gasteiger charge is -2.44. The highest BCUT2D eigenvalue weighted by molar-refractivity contribution is 5.86. The summed E-state index contributed by atoms with van der Waals surface area (Å²) in [6, 6.07) is 3.76. The van der Waals surface area contributed by atoms with Crippen molar-refractivity contribution in [3.63, 3.8) is 0 Å². The van der Waals surface area contributed by atoms with Crippen LogP contribution in [0.4, 0.5) is 11.8 Å². The molecule has 5 rings (SSSR count). The van der Waals surface area contributed by atoms with Crippen molar-refractivity contribution in [2.75, 3.05) is 36.0 Å². The van der Waals surface area contributed by atoms with E-state index in [9.17, 15) is 4.79 Å². The van der Waals surface area contributed by atoms with Crippen LogP contribution in [0.1, 0.15) is 25.7 Å². The second-order valence-corrected chi connectivity index (χ2v) is 8.12. The first-order valence-corrected chi connectivity index (χ1v) is 10.1. The van der Waals surface area contributed by atoms with Gasteiger partial charge in [0.2, 0.25) is 11.9 Å². The molecule has 2 saturated heterocycles. The molecule has 2 aliphatic heterocycles. The fourth-order valence-electron chi connectivity index (χ4n) is 4.65. The number of nitrogens with zero attached hydrogens (tertiary/aromatic N) is 6. The predicted molar refractivity (Wildman–Crippen MR) is 105 cm³/mol. The Morgan fingerprint density at radius 1 is 1.21 bits per heavy atom. The zero-order valence-corrected chi connectivity index (χ0v) is 15.9. The van der Waals surface area contributed by atoms with Crippen LogP contribution < -0.4 is 15.1 Å². The first-order valence-electron chi connectivity index (χ1n) is 10.1. The number of hydrogen-bond donors (Lipinski definition) is 1. The van der Waals surface area contributed by atoms with Crippen molar-refractivity contribution in [1.82, 2.24) is 25.3 Å². The van der Waals surface area contributed by atoms with E-state index in [-0.39, 0.29) is 11.9 Å². The SMILES string of the molecule is O=C(NCC1CC1)[C@@]12CCCN(c3ncccn3)[C@@H]1CN(c1ccncn1)C2. The Kier molecular flexibility index (Phi) is 4.33. The molecule has 28 heavy (non-hydrogen) atoms. The van der Waals surface area contributed by atoms with Gasteiger partial charge >= 0.3 is 0 Å². The second-order valence-electron chi connectivity index (χ2n) is 8.12. The highest BCUT2D eigenvalue weighted by Crippen LogP contribution is 2.44. The molecule has 2 aromatic rings. The van der Waals surface area contributed by atoms with Gasteiger partial charge in [-0.2, -0.15) is 0 Å². The molecule has 0 spiro atoms. The summed E-state index contributed by atoms with van der Waals surface area (Å²) in [5, 5.41) is 3.25. The number of hydrogen-bond acceptors (Lipinski definition) is 7. The molecular formula is C20H25N7O. The topological polar surface area (TPSA) is 87.1 Å². The van der Waals surface area contributed by atoms with Crippen LogP contribution in [0.5, 0.6) is 0 Å². The molecule has 0 radical (unpaired) electrons. The van der Waals surface area contributed by atoms with Gasteiger partial charge in [-0.25, -0.2) is 19.9 Å². The van der Waals surface area contributed by atoms with Crippen molar-refractivity contribution in [1.29, 1.82) is 0 Å². The largest absolute Gasteiger partial charge is 0.355 e. The fraction of sp³-hybridized carbons (Fsp3) is 0.550. The summed E-state index contributed by atoms with van der Waals surface area (Å²) in [5.74, 6) is 2.40. The smallest absolute Gasteiger partial charge is 0.230 e. The van der Waals surface area contributed by atoms with Crippen molar-refractivity contribution in [2.24, 2.45) is 11.3 Å². The Labute approximate surface area is 164 Å². The summed E-state index contributed by atoms with van der Waals surface area (Å²) < 4.78 is 0. The molecule has 0 bridgehead atoms. The fourth-order valence-corrected chi connectivity index (χ4v) is 4.65. The Morgan fingerprint density at radius 3 is 2.82 bits per heavy atom. The molecule has 0 aromatic carbocycles. The van der Waals surface area contributed by atoms with E-state index in [0.717, 1.165) is 38.3 Å². The zero-order chi connectivity index (χ0) is 19.0. The summed E-state index contributed by atoms with van der Waals surface area (Å²) in [7, 11) is 0. The molecule has 3 fully saturated rings. The molecule has 0 unspecified atom stereocenters. The van der Waals surface area contributed by atoms with Gasteiger partial charge in [0.1, 0.15) is 12.1 Å². The standard InChI is InChI=1S/C20H25N7O/c28-18(24-11-15-3-4-15)20-6-1-10-27(19-22-7-2-8-23-19)16(20)12-26(13-20)17-5-9-21-14-25-17/h2,5,7-9,14-16H,1,3-4,6,10-13H2,(H,24,28)/t16-,20-/m1/s1.